The lowest BCUT2D eigenvalue weighted by atomic mass is 9.79. The molecule has 0 saturated heterocycles. The van der Waals surface area contributed by atoms with Gasteiger partial charge in [0.05, 0.1) is 13.7 Å². The minimum atomic E-state index is -0.900. The summed E-state index contributed by atoms with van der Waals surface area (Å²) < 4.78 is 4.96. The van der Waals surface area contributed by atoms with Crippen LogP contribution in [-0.4, -0.2) is 19.6 Å². The van der Waals surface area contributed by atoms with E-state index in [4.69, 9.17) is 11.2 Å². The first kappa shape index (κ1) is 14.3. The summed E-state index contributed by atoms with van der Waals surface area (Å²) in [4.78, 5) is 12.2. The molecule has 0 aliphatic carbocycles. The third-order valence-electron chi connectivity index (χ3n) is 3.07. The van der Waals surface area contributed by atoms with E-state index < -0.39 is 5.54 Å². The van der Waals surface area contributed by atoms with Gasteiger partial charge in [0.15, 0.2) is 0 Å². The first-order valence-electron chi connectivity index (χ1n) is 5.92. The van der Waals surface area contributed by atoms with Crippen LogP contribution in [0.4, 0.5) is 0 Å². The molecule has 0 aliphatic heterocycles. The monoisotopic (exact) mass is 245 g/mol. The molecule has 3 nitrogen and oxygen atoms in total. The summed E-state index contributed by atoms with van der Waals surface area (Å²) in [7, 11) is 1.39. The zero-order valence-corrected chi connectivity index (χ0v) is 11.1. The minimum Gasteiger partial charge on any atom is -0.467 e. The van der Waals surface area contributed by atoms with Crippen LogP contribution >= 0.6 is 0 Å². The molecule has 0 radical (unpaired) electrons. The van der Waals surface area contributed by atoms with E-state index in [2.05, 4.69) is 11.2 Å². The quantitative estimate of drug-likeness (QED) is 0.636. The molecule has 1 unspecified atom stereocenters. The molecule has 0 aliphatic rings. The summed E-state index contributed by atoms with van der Waals surface area (Å²) in [6.07, 6.45) is 5.29. The highest BCUT2D eigenvalue weighted by atomic mass is 16.5. The van der Waals surface area contributed by atoms with Crippen LogP contribution < -0.4 is 5.32 Å². The van der Waals surface area contributed by atoms with E-state index in [1.54, 1.807) is 0 Å². The number of ether oxygens (including phenoxy) is 1. The Bertz CT molecular complexity index is 434. The molecule has 1 atom stereocenters. The van der Waals surface area contributed by atoms with Crippen LogP contribution in [0.25, 0.3) is 0 Å². The Balaban J connectivity index is 3.30. The van der Waals surface area contributed by atoms with Gasteiger partial charge in [-0.05, 0) is 11.5 Å². The van der Waals surface area contributed by atoms with Crippen molar-refractivity contribution in [1.82, 2.24) is 5.32 Å². The molecular formula is C15H19NO2. The summed E-state index contributed by atoms with van der Waals surface area (Å²) >= 11 is 0. The average molecular weight is 245 g/mol. The zero-order chi connectivity index (χ0) is 13.6. The van der Waals surface area contributed by atoms with Gasteiger partial charge < -0.3 is 4.74 Å². The second-order valence-electron chi connectivity index (χ2n) is 4.38. The summed E-state index contributed by atoms with van der Waals surface area (Å²) in [5.74, 6) is 2.20. The average Bonchev–Trinajstić information content (AvgIpc) is 2.40. The molecule has 1 aromatic rings. The van der Waals surface area contributed by atoms with Crippen molar-refractivity contribution in [3.05, 3.63) is 35.9 Å². The highest BCUT2D eigenvalue weighted by Crippen LogP contribution is 2.30. The van der Waals surface area contributed by atoms with Gasteiger partial charge in [-0.1, -0.05) is 50.1 Å². The summed E-state index contributed by atoms with van der Waals surface area (Å²) in [6, 6.07) is 9.51. The number of hydrogen-bond acceptors (Lipinski definition) is 3. The fraction of sp³-hybridized carbons (Fsp3) is 0.400. The minimum absolute atomic E-state index is 0.0145. The SMILES string of the molecule is C#CCNC(C(=O)OC)(c1ccccc1)C(C)C. The van der Waals surface area contributed by atoms with Crippen molar-refractivity contribution in [3.8, 4) is 12.3 Å². The Labute approximate surface area is 109 Å². The van der Waals surface area contributed by atoms with Gasteiger partial charge in [0.1, 0.15) is 5.54 Å². The fourth-order valence-corrected chi connectivity index (χ4v) is 2.12. The van der Waals surface area contributed by atoms with Crippen molar-refractivity contribution in [3.63, 3.8) is 0 Å². The van der Waals surface area contributed by atoms with Crippen LogP contribution in [0.5, 0.6) is 0 Å². The predicted molar refractivity (Wildman–Crippen MR) is 71.8 cm³/mol. The third kappa shape index (κ3) is 2.55. The maximum absolute atomic E-state index is 12.2. The molecule has 3 heteroatoms. The smallest absolute Gasteiger partial charge is 0.331 e. The number of carbonyl (C=O) groups excluding carboxylic acids is 1. The molecule has 0 bridgehead atoms. The van der Waals surface area contributed by atoms with Gasteiger partial charge in [-0.15, -0.1) is 6.42 Å². The lowest BCUT2D eigenvalue weighted by Gasteiger charge is -2.35. The van der Waals surface area contributed by atoms with E-state index in [0.29, 0.717) is 6.54 Å². The molecule has 1 rings (SSSR count). The molecule has 0 fully saturated rings. The number of nitrogens with one attached hydrogen (secondary N) is 1. The number of esters is 1. The second kappa shape index (κ2) is 6.23. The summed E-state index contributed by atoms with van der Waals surface area (Å²) in [5, 5.41) is 3.14. The lowest BCUT2D eigenvalue weighted by molar-refractivity contribution is -0.151. The Morgan fingerprint density at radius 1 is 1.44 bits per heavy atom. The Kier molecular flexibility index (Phi) is 4.94. The first-order chi connectivity index (χ1) is 8.59. The first-order valence-corrected chi connectivity index (χ1v) is 5.92. The van der Waals surface area contributed by atoms with Crippen molar-refractivity contribution in [2.75, 3.05) is 13.7 Å². The summed E-state index contributed by atoms with van der Waals surface area (Å²) in [5.41, 5.74) is -0.0374. The van der Waals surface area contributed by atoms with Gasteiger partial charge in [-0.2, -0.15) is 0 Å². The van der Waals surface area contributed by atoms with E-state index in [-0.39, 0.29) is 11.9 Å². The standard InChI is InChI=1S/C15H19NO2/c1-5-11-16-15(12(2)3,14(17)18-4)13-9-7-6-8-10-13/h1,6-10,12,16H,11H2,2-4H3. The maximum Gasteiger partial charge on any atom is 0.331 e. The van der Waals surface area contributed by atoms with Crippen LogP contribution in [-0.2, 0) is 15.1 Å². The predicted octanol–water partition coefficient (Wildman–Crippen LogP) is 1.93. The Hall–Kier alpha value is -1.79. The van der Waals surface area contributed by atoms with Gasteiger partial charge in [0, 0.05) is 0 Å². The van der Waals surface area contributed by atoms with Gasteiger partial charge in [-0.25, -0.2) is 4.79 Å². The number of rotatable bonds is 5. The van der Waals surface area contributed by atoms with E-state index >= 15 is 0 Å². The molecule has 18 heavy (non-hydrogen) atoms. The highest BCUT2D eigenvalue weighted by Gasteiger charge is 2.43. The van der Waals surface area contributed by atoms with Crippen molar-refractivity contribution in [1.29, 1.82) is 0 Å². The Morgan fingerprint density at radius 3 is 2.50 bits per heavy atom. The molecular weight excluding hydrogens is 226 g/mol. The molecule has 0 saturated carbocycles. The van der Waals surface area contributed by atoms with Crippen molar-refractivity contribution < 1.29 is 9.53 Å². The molecule has 0 amide bonds. The van der Waals surface area contributed by atoms with Gasteiger partial charge in [0.2, 0.25) is 0 Å². The van der Waals surface area contributed by atoms with Crippen molar-refractivity contribution in [2.45, 2.75) is 19.4 Å². The third-order valence-corrected chi connectivity index (χ3v) is 3.07. The van der Waals surface area contributed by atoms with E-state index in [1.165, 1.54) is 7.11 Å². The highest BCUT2D eigenvalue weighted by molar-refractivity contribution is 5.83. The second-order valence-corrected chi connectivity index (χ2v) is 4.38. The van der Waals surface area contributed by atoms with Crippen molar-refractivity contribution >= 4 is 5.97 Å². The lowest BCUT2D eigenvalue weighted by Crippen LogP contribution is -2.53. The fourth-order valence-electron chi connectivity index (χ4n) is 2.12. The van der Waals surface area contributed by atoms with Crippen LogP contribution in [0.1, 0.15) is 19.4 Å². The van der Waals surface area contributed by atoms with Crippen LogP contribution in [0.3, 0.4) is 0 Å². The molecule has 1 N–H and O–H groups in total. The van der Waals surface area contributed by atoms with Gasteiger partial charge >= 0.3 is 5.97 Å². The number of hydrogen-bond donors (Lipinski definition) is 1. The molecule has 0 aromatic heterocycles. The maximum atomic E-state index is 12.2. The number of benzene rings is 1. The molecule has 0 spiro atoms. The molecule has 0 heterocycles. The zero-order valence-electron chi connectivity index (χ0n) is 11.1. The number of methoxy groups -OCH3 is 1. The molecule has 1 aromatic carbocycles. The van der Waals surface area contributed by atoms with Crippen LogP contribution in [0.15, 0.2) is 30.3 Å². The molecule has 96 valence electrons. The topological polar surface area (TPSA) is 38.3 Å². The number of carbonyl (C=O) groups is 1. The summed E-state index contributed by atoms with van der Waals surface area (Å²) in [6.45, 7) is 4.24. The Morgan fingerprint density at radius 2 is 2.06 bits per heavy atom. The van der Waals surface area contributed by atoms with Crippen LogP contribution in [0, 0.1) is 18.3 Å². The van der Waals surface area contributed by atoms with Crippen LogP contribution in [0.2, 0.25) is 0 Å². The van der Waals surface area contributed by atoms with E-state index in [1.807, 2.05) is 44.2 Å². The largest absolute Gasteiger partial charge is 0.467 e. The normalized spacial score (nSPS) is 13.7. The van der Waals surface area contributed by atoms with E-state index in [0.717, 1.165) is 5.56 Å². The van der Waals surface area contributed by atoms with E-state index in [9.17, 15) is 4.79 Å². The number of terminal acetylenes is 1. The van der Waals surface area contributed by atoms with Gasteiger partial charge in [-0.3, -0.25) is 5.32 Å². The van der Waals surface area contributed by atoms with Crippen molar-refractivity contribution in [2.24, 2.45) is 5.92 Å². The van der Waals surface area contributed by atoms with Gasteiger partial charge in [0.25, 0.3) is 0 Å².